The van der Waals surface area contributed by atoms with Gasteiger partial charge in [0, 0.05) is 72.0 Å². The number of hydrogen-bond donors (Lipinski definition) is 2. The molecule has 0 atom stereocenters. The number of fused-ring (bicyclic) bond motifs is 1. The van der Waals surface area contributed by atoms with Crippen molar-refractivity contribution in [1.29, 1.82) is 10.5 Å². The van der Waals surface area contributed by atoms with Crippen LogP contribution in [0.5, 0.6) is 0 Å². The minimum absolute atomic E-state index is 0.0313. The van der Waals surface area contributed by atoms with Gasteiger partial charge in [-0.3, -0.25) is 24.2 Å². The summed E-state index contributed by atoms with van der Waals surface area (Å²) in [6, 6.07) is 43.3. The molecule has 2 N–H and O–H groups in total. The van der Waals surface area contributed by atoms with Gasteiger partial charge in [-0.25, -0.2) is 14.6 Å². The molecule has 15 nitrogen and oxygen atoms in total. The Hall–Kier alpha value is -9.34. The number of nitriles is 2. The highest BCUT2D eigenvalue weighted by atomic mass is 16.2. The molecular weight excluding hydrogens is 915 g/mol. The summed E-state index contributed by atoms with van der Waals surface area (Å²) in [7, 11) is 0. The number of benzene rings is 5. The van der Waals surface area contributed by atoms with E-state index in [9.17, 15) is 19.2 Å². The molecule has 362 valence electrons. The topological polar surface area (TPSA) is 203 Å². The van der Waals surface area contributed by atoms with Gasteiger partial charge < -0.3 is 20.4 Å². The minimum Gasteiger partial charge on any atom is -0.339 e. The van der Waals surface area contributed by atoms with Crippen LogP contribution in [-0.2, 0) is 0 Å². The number of carbonyl (C=O) groups excluding carboxylic acids is 4. The van der Waals surface area contributed by atoms with Gasteiger partial charge >= 0.3 is 0 Å². The van der Waals surface area contributed by atoms with Crippen LogP contribution >= 0.6 is 0 Å². The van der Waals surface area contributed by atoms with E-state index < -0.39 is 0 Å². The fraction of sp³-hybridized carbons (Fsp3) is 0.207. The number of carbonyl (C=O) groups is 4. The van der Waals surface area contributed by atoms with Gasteiger partial charge in [-0.2, -0.15) is 15.6 Å². The Kier molecular flexibility index (Phi) is 14.8. The Bertz CT molecular complexity index is 3400. The first-order valence-corrected chi connectivity index (χ1v) is 24.1. The van der Waals surface area contributed by atoms with Crippen LogP contribution in [0.4, 0.5) is 11.4 Å². The molecular formula is C58H51N11O4. The minimum atomic E-state index is -0.306. The molecule has 8 aromatic rings. The molecule has 2 fully saturated rings. The second-order valence-corrected chi connectivity index (χ2v) is 18.2. The summed E-state index contributed by atoms with van der Waals surface area (Å²) in [5.41, 5.74) is 9.48. The molecule has 2 saturated heterocycles. The van der Waals surface area contributed by atoms with Gasteiger partial charge in [-0.05, 0) is 146 Å². The molecule has 0 unspecified atom stereocenters. The Labute approximate surface area is 422 Å². The average Bonchev–Trinajstić information content (AvgIpc) is 4.00. The summed E-state index contributed by atoms with van der Waals surface area (Å²) in [6.45, 7) is 6.44. The predicted octanol–water partition coefficient (Wildman–Crippen LogP) is 9.80. The summed E-state index contributed by atoms with van der Waals surface area (Å²) in [4.78, 5) is 68.7. The third-order valence-electron chi connectivity index (χ3n) is 13.6. The lowest BCUT2D eigenvalue weighted by molar-refractivity contribution is 0.0705. The van der Waals surface area contributed by atoms with Gasteiger partial charge in [0.05, 0.1) is 34.3 Å². The van der Waals surface area contributed by atoms with E-state index in [2.05, 4.69) is 42.8 Å². The summed E-state index contributed by atoms with van der Waals surface area (Å²) < 4.78 is 1.48. The zero-order chi connectivity index (χ0) is 50.8. The Morgan fingerprint density at radius 1 is 0.575 bits per heavy atom. The smallest absolute Gasteiger partial charge is 0.257 e. The summed E-state index contributed by atoms with van der Waals surface area (Å²) >= 11 is 0. The number of likely N-dealkylation sites (tertiary alicyclic amines) is 2. The van der Waals surface area contributed by atoms with Crippen LogP contribution in [0.1, 0.15) is 112 Å². The molecule has 0 aliphatic carbocycles. The molecule has 5 aromatic carbocycles. The molecule has 2 aliphatic rings. The molecule has 15 heteroatoms. The van der Waals surface area contributed by atoms with Crippen molar-refractivity contribution in [2.45, 2.75) is 51.4 Å². The van der Waals surface area contributed by atoms with Gasteiger partial charge in [-0.15, -0.1) is 0 Å². The van der Waals surface area contributed by atoms with Crippen molar-refractivity contribution in [3.8, 4) is 18.0 Å². The highest BCUT2D eigenvalue weighted by Gasteiger charge is 2.27. The lowest BCUT2D eigenvalue weighted by atomic mass is 9.89. The summed E-state index contributed by atoms with van der Waals surface area (Å²) in [5.74, 6) is 0.582. The number of piperidine rings is 2. The number of nitrogens with zero attached hydrogens (tertiary/aromatic N) is 9. The van der Waals surface area contributed by atoms with E-state index in [1.165, 1.54) is 28.5 Å². The maximum Gasteiger partial charge on any atom is 0.257 e. The molecule has 3 aromatic heterocycles. The molecule has 2 aliphatic heterocycles. The number of amides is 4. The maximum absolute atomic E-state index is 13.3. The first kappa shape index (κ1) is 48.7. The molecule has 0 radical (unpaired) electrons. The fourth-order valence-electron chi connectivity index (χ4n) is 9.23. The molecule has 73 heavy (non-hydrogen) atoms. The van der Waals surface area contributed by atoms with Crippen molar-refractivity contribution in [1.82, 2.24) is 34.5 Å². The van der Waals surface area contributed by atoms with Crippen molar-refractivity contribution < 1.29 is 19.2 Å². The summed E-state index contributed by atoms with van der Waals surface area (Å²) in [6.07, 6.45) is 9.50. The highest BCUT2D eigenvalue weighted by Crippen LogP contribution is 2.31. The molecule has 10 rings (SSSR count). The fourth-order valence-corrected chi connectivity index (χ4v) is 9.23. The molecule has 5 heterocycles. The number of aryl methyl sites for hydroxylation is 2. The van der Waals surface area contributed by atoms with Crippen molar-refractivity contribution >= 4 is 45.9 Å². The second kappa shape index (κ2) is 22.2. The predicted molar refractivity (Wildman–Crippen MR) is 277 cm³/mol. The number of nitrogens with one attached hydrogen (secondary N) is 2. The van der Waals surface area contributed by atoms with Crippen LogP contribution in [0, 0.1) is 36.5 Å². The third-order valence-corrected chi connectivity index (χ3v) is 13.6. The Balaban J connectivity index is 0.000000180. The quantitative estimate of drug-likeness (QED) is 0.140. The van der Waals surface area contributed by atoms with E-state index >= 15 is 0 Å². The molecule has 0 spiro atoms. The number of anilines is 2. The van der Waals surface area contributed by atoms with E-state index in [1.54, 1.807) is 42.7 Å². The van der Waals surface area contributed by atoms with E-state index in [1.807, 2.05) is 121 Å². The van der Waals surface area contributed by atoms with Crippen LogP contribution in [-0.4, -0.2) is 84.3 Å². The first-order chi connectivity index (χ1) is 35.5. The number of hydrogen-bond acceptors (Lipinski definition) is 10. The van der Waals surface area contributed by atoms with Crippen molar-refractivity contribution in [3.05, 3.63) is 208 Å². The first-order valence-electron chi connectivity index (χ1n) is 24.1. The summed E-state index contributed by atoms with van der Waals surface area (Å²) in [5, 5.41) is 28.8. The zero-order valence-corrected chi connectivity index (χ0v) is 40.4. The number of pyridine rings is 2. The lowest BCUT2D eigenvalue weighted by Crippen LogP contribution is -2.38. The van der Waals surface area contributed by atoms with E-state index in [4.69, 9.17) is 10.5 Å². The number of aromatic nitrogens is 5. The van der Waals surface area contributed by atoms with Crippen LogP contribution in [0.3, 0.4) is 0 Å². The SMILES string of the molecule is Cc1ccc(C(=O)N2CCC(c3ccc(C#N)cc3)CC2)cc1NC(=O)c1ccnc(-n2cncn2)c1.Cc1ccc(C(=O)N2CCC(c3ccc(C#N)cc3)CC2)cc1NC(=O)c1cnc2ccccc2c1. The largest absolute Gasteiger partial charge is 0.339 e. The van der Waals surface area contributed by atoms with Gasteiger partial charge in [0.1, 0.15) is 12.7 Å². The molecule has 0 saturated carbocycles. The van der Waals surface area contributed by atoms with Crippen molar-refractivity contribution in [3.63, 3.8) is 0 Å². The normalized spacial score (nSPS) is 13.8. The molecule has 4 amide bonds. The third kappa shape index (κ3) is 11.5. The standard InChI is InChI=1S/C30H26N4O2.C28H25N7O2/c1-20-6-9-25(17-28(20)33-29(35)26-16-24-4-2-3-5-27(24)32-19-26)30(36)34-14-12-23(13-15-34)22-10-7-21(18-31)8-11-22;1-19-2-5-24(28(37)34-12-9-22(10-13-34)21-6-3-20(16-29)4-7-21)14-25(19)33-27(36)23-8-11-31-26(15-23)35-18-30-17-32-35/h2-11,16-17,19,23H,12-15H2,1H3,(H,33,35);2-8,11,14-15,17-18,22H,9-10,12-13H2,1H3,(H,33,36). The zero-order valence-electron chi connectivity index (χ0n) is 40.4. The average molecular weight is 966 g/mol. The van der Waals surface area contributed by atoms with Gasteiger partial charge in [0.15, 0.2) is 5.82 Å². The van der Waals surface area contributed by atoms with Gasteiger partial charge in [-0.1, -0.05) is 54.6 Å². The lowest BCUT2D eigenvalue weighted by Gasteiger charge is -2.32. The second-order valence-electron chi connectivity index (χ2n) is 18.2. The van der Waals surface area contributed by atoms with E-state index in [0.29, 0.717) is 88.6 Å². The van der Waals surface area contributed by atoms with Gasteiger partial charge in [0.25, 0.3) is 23.6 Å². The van der Waals surface area contributed by atoms with Gasteiger partial charge in [0.2, 0.25) is 0 Å². The number of para-hydroxylation sites is 1. The van der Waals surface area contributed by atoms with Crippen LogP contribution in [0.25, 0.3) is 16.7 Å². The van der Waals surface area contributed by atoms with E-state index in [0.717, 1.165) is 47.7 Å². The van der Waals surface area contributed by atoms with Crippen molar-refractivity contribution in [2.75, 3.05) is 36.8 Å². The van der Waals surface area contributed by atoms with Crippen LogP contribution in [0.15, 0.2) is 152 Å². The monoisotopic (exact) mass is 965 g/mol. The number of rotatable bonds is 9. The maximum atomic E-state index is 13.3. The Morgan fingerprint density at radius 3 is 1.60 bits per heavy atom. The van der Waals surface area contributed by atoms with Crippen LogP contribution < -0.4 is 10.6 Å². The Morgan fingerprint density at radius 2 is 1.10 bits per heavy atom. The van der Waals surface area contributed by atoms with E-state index in [-0.39, 0.29) is 23.6 Å². The molecule has 0 bridgehead atoms. The van der Waals surface area contributed by atoms with Crippen molar-refractivity contribution in [2.24, 2.45) is 0 Å². The highest BCUT2D eigenvalue weighted by molar-refractivity contribution is 6.07. The van der Waals surface area contributed by atoms with Crippen LogP contribution in [0.2, 0.25) is 0 Å².